The van der Waals surface area contributed by atoms with Crippen LogP contribution in [0.15, 0.2) is 41.9 Å². The molecule has 0 aromatic carbocycles. The van der Waals surface area contributed by atoms with Crippen LogP contribution in [0.4, 0.5) is 13.2 Å². The molecule has 1 rings (SSSR count). The van der Waals surface area contributed by atoms with E-state index in [1.807, 2.05) is 0 Å². The maximum absolute atomic E-state index is 12.6. The fourth-order valence-corrected chi connectivity index (χ4v) is 1.16. The Morgan fingerprint density at radius 1 is 1.26 bits per heavy atom. The number of alkyl halides is 3. The summed E-state index contributed by atoms with van der Waals surface area (Å²) in [5.74, 6) is 0.124. The number of allylic oxidation sites excluding steroid dienone is 2. The summed E-state index contributed by atoms with van der Waals surface area (Å²) < 4.78 is 37.7. The van der Waals surface area contributed by atoms with Crippen molar-refractivity contribution in [2.75, 3.05) is 0 Å². The van der Waals surface area contributed by atoms with Gasteiger partial charge in [-0.05, 0) is 13.8 Å². The van der Waals surface area contributed by atoms with E-state index in [1.54, 1.807) is 13.8 Å². The lowest BCUT2D eigenvalue weighted by molar-refractivity contribution is -0.141. The van der Waals surface area contributed by atoms with Crippen molar-refractivity contribution >= 4 is 5.84 Å². The molecule has 0 atom stereocenters. The van der Waals surface area contributed by atoms with E-state index in [4.69, 9.17) is 0 Å². The van der Waals surface area contributed by atoms with Crippen molar-refractivity contribution in [2.45, 2.75) is 20.0 Å². The highest BCUT2D eigenvalue weighted by molar-refractivity contribution is 5.98. The lowest BCUT2D eigenvalue weighted by atomic mass is 10.3. The van der Waals surface area contributed by atoms with E-state index in [1.165, 1.54) is 6.20 Å². The van der Waals surface area contributed by atoms with Crippen LogP contribution in [0.1, 0.15) is 25.2 Å². The normalized spacial score (nSPS) is 12.2. The van der Waals surface area contributed by atoms with Gasteiger partial charge in [-0.1, -0.05) is 13.2 Å². The van der Waals surface area contributed by atoms with E-state index < -0.39 is 11.9 Å². The number of nitrogens with zero attached hydrogens (tertiary/aromatic N) is 3. The van der Waals surface area contributed by atoms with E-state index >= 15 is 0 Å². The molecule has 0 aliphatic carbocycles. The summed E-state index contributed by atoms with van der Waals surface area (Å²) in [7, 11) is 0. The minimum Gasteiger partial charge on any atom is -0.343 e. The molecule has 0 aliphatic rings. The van der Waals surface area contributed by atoms with Crippen LogP contribution in [-0.2, 0) is 6.18 Å². The standard InChI is InChI=1S/C12H13F3N4/c1-7(2)17-11(18-8(3)4)9-5-16-6-10(19-9)12(13,14)15/h5-6H,1,3H2,2,4H3,(H,17,18). The predicted octanol–water partition coefficient (Wildman–Crippen LogP) is 2.90. The molecule has 0 bridgehead atoms. The maximum atomic E-state index is 12.6. The molecule has 1 N–H and O–H groups in total. The molecule has 0 spiro atoms. The van der Waals surface area contributed by atoms with Gasteiger partial charge < -0.3 is 5.32 Å². The monoisotopic (exact) mass is 270 g/mol. The van der Waals surface area contributed by atoms with E-state index in [-0.39, 0.29) is 11.5 Å². The lowest BCUT2D eigenvalue weighted by Crippen LogP contribution is -2.25. The average molecular weight is 270 g/mol. The van der Waals surface area contributed by atoms with Crippen LogP contribution in [0.5, 0.6) is 0 Å². The Labute approximate surface area is 108 Å². The molecular weight excluding hydrogens is 257 g/mol. The molecule has 0 amide bonds. The number of amidine groups is 1. The van der Waals surface area contributed by atoms with Gasteiger partial charge in [0.1, 0.15) is 5.69 Å². The highest BCUT2D eigenvalue weighted by Gasteiger charge is 2.33. The Morgan fingerprint density at radius 2 is 1.89 bits per heavy atom. The Hall–Kier alpha value is -2.18. The second kappa shape index (κ2) is 5.64. The zero-order valence-electron chi connectivity index (χ0n) is 10.5. The van der Waals surface area contributed by atoms with Crippen LogP contribution in [0.3, 0.4) is 0 Å². The van der Waals surface area contributed by atoms with Crippen LogP contribution in [-0.4, -0.2) is 15.8 Å². The lowest BCUT2D eigenvalue weighted by Gasteiger charge is -2.11. The predicted molar refractivity (Wildman–Crippen MR) is 66.3 cm³/mol. The summed E-state index contributed by atoms with van der Waals surface area (Å²) >= 11 is 0. The first-order chi connectivity index (χ1) is 8.70. The van der Waals surface area contributed by atoms with Gasteiger partial charge >= 0.3 is 6.18 Å². The SMILES string of the molecule is C=C(C)N=C(NC(=C)C)c1cncc(C(F)(F)F)n1. The third kappa shape index (κ3) is 4.53. The van der Waals surface area contributed by atoms with Crippen LogP contribution >= 0.6 is 0 Å². The molecular formula is C12H13F3N4. The summed E-state index contributed by atoms with van der Waals surface area (Å²) in [6.07, 6.45) is -2.71. The van der Waals surface area contributed by atoms with E-state index in [9.17, 15) is 13.2 Å². The molecule has 102 valence electrons. The van der Waals surface area contributed by atoms with Gasteiger partial charge in [0.15, 0.2) is 11.5 Å². The second-order valence-corrected chi connectivity index (χ2v) is 3.89. The molecule has 0 fully saturated rings. The van der Waals surface area contributed by atoms with Gasteiger partial charge in [-0.2, -0.15) is 13.2 Å². The quantitative estimate of drug-likeness (QED) is 0.678. The number of halogens is 3. The molecule has 1 heterocycles. The van der Waals surface area contributed by atoms with Gasteiger partial charge in [-0.25, -0.2) is 9.98 Å². The minimum absolute atomic E-state index is 0.0270. The third-order valence-corrected chi connectivity index (χ3v) is 1.80. The summed E-state index contributed by atoms with van der Waals surface area (Å²) in [5, 5.41) is 2.73. The first-order valence-corrected chi connectivity index (χ1v) is 5.26. The topological polar surface area (TPSA) is 50.2 Å². The van der Waals surface area contributed by atoms with Crippen molar-refractivity contribution in [2.24, 2.45) is 4.99 Å². The van der Waals surface area contributed by atoms with Gasteiger partial charge in [0.05, 0.1) is 12.4 Å². The highest BCUT2D eigenvalue weighted by Crippen LogP contribution is 2.26. The van der Waals surface area contributed by atoms with Crippen molar-refractivity contribution < 1.29 is 13.2 Å². The Kier molecular flexibility index (Phi) is 4.42. The Balaban J connectivity index is 3.24. The molecule has 0 saturated heterocycles. The molecule has 0 aliphatic heterocycles. The number of aromatic nitrogens is 2. The van der Waals surface area contributed by atoms with Gasteiger partial charge in [0.2, 0.25) is 0 Å². The van der Waals surface area contributed by atoms with Gasteiger partial charge in [0.25, 0.3) is 0 Å². The molecule has 19 heavy (non-hydrogen) atoms. The molecule has 0 unspecified atom stereocenters. The van der Waals surface area contributed by atoms with Crippen LogP contribution in [0.25, 0.3) is 0 Å². The van der Waals surface area contributed by atoms with Gasteiger partial charge in [-0.3, -0.25) is 4.98 Å². The van der Waals surface area contributed by atoms with Crippen LogP contribution < -0.4 is 5.32 Å². The first-order valence-electron chi connectivity index (χ1n) is 5.26. The van der Waals surface area contributed by atoms with Crippen molar-refractivity contribution in [3.8, 4) is 0 Å². The van der Waals surface area contributed by atoms with E-state index in [0.717, 1.165) is 0 Å². The Morgan fingerprint density at radius 3 is 2.37 bits per heavy atom. The molecule has 7 heteroatoms. The zero-order chi connectivity index (χ0) is 14.6. The molecule has 4 nitrogen and oxygen atoms in total. The fourth-order valence-electron chi connectivity index (χ4n) is 1.16. The molecule has 1 aromatic heterocycles. The number of rotatable bonds is 3. The summed E-state index contributed by atoms with van der Waals surface area (Å²) in [6, 6.07) is 0. The fraction of sp³-hybridized carbons (Fsp3) is 0.250. The first kappa shape index (κ1) is 14.9. The smallest absolute Gasteiger partial charge is 0.343 e. The van der Waals surface area contributed by atoms with E-state index in [0.29, 0.717) is 17.6 Å². The number of nitrogens with one attached hydrogen (secondary N) is 1. The second-order valence-electron chi connectivity index (χ2n) is 3.89. The van der Waals surface area contributed by atoms with Crippen LogP contribution in [0.2, 0.25) is 0 Å². The number of hydrogen-bond acceptors (Lipinski definition) is 3. The Bertz CT molecular complexity index is 532. The van der Waals surface area contributed by atoms with E-state index in [2.05, 4.69) is 33.4 Å². The highest BCUT2D eigenvalue weighted by atomic mass is 19.4. The summed E-state index contributed by atoms with van der Waals surface area (Å²) in [6.45, 7) is 10.4. The number of aliphatic imine (C=N–C) groups is 1. The van der Waals surface area contributed by atoms with Crippen LogP contribution in [0, 0.1) is 0 Å². The van der Waals surface area contributed by atoms with Gasteiger partial charge in [-0.15, -0.1) is 0 Å². The summed E-state index contributed by atoms with van der Waals surface area (Å²) in [5.41, 5.74) is -0.175. The molecule has 1 aromatic rings. The van der Waals surface area contributed by atoms with Crippen molar-refractivity contribution in [3.63, 3.8) is 0 Å². The van der Waals surface area contributed by atoms with Gasteiger partial charge in [0, 0.05) is 11.4 Å². The zero-order valence-corrected chi connectivity index (χ0v) is 10.5. The molecule has 0 radical (unpaired) electrons. The summed E-state index contributed by atoms with van der Waals surface area (Å²) in [4.78, 5) is 11.0. The van der Waals surface area contributed by atoms with Crippen molar-refractivity contribution in [1.29, 1.82) is 0 Å². The number of hydrogen-bond donors (Lipinski definition) is 1. The maximum Gasteiger partial charge on any atom is 0.434 e. The molecule has 0 saturated carbocycles. The largest absolute Gasteiger partial charge is 0.434 e. The van der Waals surface area contributed by atoms with Crippen molar-refractivity contribution in [1.82, 2.24) is 15.3 Å². The van der Waals surface area contributed by atoms with Crippen molar-refractivity contribution in [3.05, 3.63) is 48.3 Å². The average Bonchev–Trinajstić information content (AvgIpc) is 2.26. The minimum atomic E-state index is -4.55. The third-order valence-electron chi connectivity index (χ3n) is 1.80.